The van der Waals surface area contributed by atoms with Crippen molar-refractivity contribution in [1.82, 2.24) is 0 Å². The van der Waals surface area contributed by atoms with Gasteiger partial charge in [-0.25, -0.2) is 0 Å². The fraction of sp³-hybridized carbons (Fsp3) is 0.500. The summed E-state index contributed by atoms with van der Waals surface area (Å²) in [6.45, 7) is 6.72. The molecule has 0 aromatic heterocycles. The number of ether oxygens (including phenoxy) is 1. The van der Waals surface area contributed by atoms with Crippen LogP contribution in [-0.4, -0.2) is 12.4 Å². The molecule has 0 radical (unpaired) electrons. The van der Waals surface area contributed by atoms with E-state index in [0.717, 1.165) is 24.3 Å². The lowest BCUT2D eigenvalue weighted by Crippen LogP contribution is -2.01. The van der Waals surface area contributed by atoms with E-state index in [1.54, 1.807) is 6.92 Å². The first kappa shape index (κ1) is 12.8. The van der Waals surface area contributed by atoms with Gasteiger partial charge in [-0.3, -0.25) is 4.79 Å². The van der Waals surface area contributed by atoms with Gasteiger partial charge in [0.25, 0.3) is 0 Å². The Morgan fingerprint density at radius 3 is 2.38 bits per heavy atom. The molecule has 0 amide bonds. The SMILES string of the molecule is CC(=O)Cc1ccc(OCCC(C)C)cc1. The highest BCUT2D eigenvalue weighted by molar-refractivity contribution is 5.78. The Balaban J connectivity index is 2.42. The van der Waals surface area contributed by atoms with Gasteiger partial charge in [-0.15, -0.1) is 0 Å². The molecule has 1 rings (SSSR count). The Kier molecular flexibility index (Phi) is 5.03. The van der Waals surface area contributed by atoms with E-state index < -0.39 is 0 Å². The Bertz CT molecular complexity index is 325. The molecule has 1 aromatic rings. The van der Waals surface area contributed by atoms with Crippen LogP contribution in [0.25, 0.3) is 0 Å². The Hall–Kier alpha value is -1.31. The number of carbonyl (C=O) groups is 1. The molecule has 1 aromatic carbocycles. The van der Waals surface area contributed by atoms with Gasteiger partial charge in [0, 0.05) is 6.42 Å². The minimum Gasteiger partial charge on any atom is -0.494 e. The second-order valence-electron chi connectivity index (χ2n) is 4.55. The summed E-state index contributed by atoms with van der Waals surface area (Å²) in [7, 11) is 0. The molecule has 0 saturated heterocycles. The molecule has 0 atom stereocenters. The highest BCUT2D eigenvalue weighted by Crippen LogP contribution is 2.13. The zero-order chi connectivity index (χ0) is 12.0. The molecule has 88 valence electrons. The number of benzene rings is 1. The molecule has 0 heterocycles. The third kappa shape index (κ3) is 4.96. The molecule has 0 unspecified atom stereocenters. The van der Waals surface area contributed by atoms with Crippen LogP contribution >= 0.6 is 0 Å². The summed E-state index contributed by atoms with van der Waals surface area (Å²) in [6.07, 6.45) is 1.57. The van der Waals surface area contributed by atoms with Crippen molar-refractivity contribution < 1.29 is 9.53 Å². The number of Topliss-reactive ketones (excluding diaryl/α,β-unsaturated/α-hetero) is 1. The molecule has 0 aliphatic carbocycles. The van der Waals surface area contributed by atoms with Crippen molar-refractivity contribution in [1.29, 1.82) is 0 Å². The van der Waals surface area contributed by atoms with Crippen LogP contribution in [0.4, 0.5) is 0 Å². The van der Waals surface area contributed by atoms with E-state index in [-0.39, 0.29) is 5.78 Å². The van der Waals surface area contributed by atoms with Crippen LogP contribution in [0.1, 0.15) is 32.8 Å². The first-order valence-corrected chi connectivity index (χ1v) is 5.79. The molecule has 0 aliphatic heterocycles. The topological polar surface area (TPSA) is 26.3 Å². The number of rotatable bonds is 6. The van der Waals surface area contributed by atoms with Gasteiger partial charge in [0.2, 0.25) is 0 Å². The van der Waals surface area contributed by atoms with Gasteiger partial charge in [0.05, 0.1) is 6.61 Å². The van der Waals surface area contributed by atoms with Gasteiger partial charge in [-0.1, -0.05) is 26.0 Å². The third-order valence-electron chi connectivity index (χ3n) is 2.34. The molecule has 0 bridgehead atoms. The van der Waals surface area contributed by atoms with Crippen LogP contribution in [0.5, 0.6) is 5.75 Å². The van der Waals surface area contributed by atoms with Gasteiger partial charge in [0.15, 0.2) is 0 Å². The maximum absolute atomic E-state index is 10.9. The van der Waals surface area contributed by atoms with E-state index in [1.165, 1.54) is 0 Å². The smallest absolute Gasteiger partial charge is 0.134 e. The van der Waals surface area contributed by atoms with E-state index >= 15 is 0 Å². The molecular formula is C14H20O2. The van der Waals surface area contributed by atoms with E-state index in [2.05, 4.69) is 13.8 Å². The van der Waals surface area contributed by atoms with Gasteiger partial charge in [-0.2, -0.15) is 0 Å². The van der Waals surface area contributed by atoms with Gasteiger partial charge < -0.3 is 4.74 Å². The molecular weight excluding hydrogens is 200 g/mol. The zero-order valence-electron chi connectivity index (χ0n) is 10.3. The predicted molar refractivity (Wildman–Crippen MR) is 65.8 cm³/mol. The summed E-state index contributed by atoms with van der Waals surface area (Å²) in [6, 6.07) is 7.76. The van der Waals surface area contributed by atoms with Crippen molar-refractivity contribution in [2.75, 3.05) is 6.61 Å². The normalized spacial score (nSPS) is 10.5. The van der Waals surface area contributed by atoms with Crippen molar-refractivity contribution in [2.45, 2.75) is 33.6 Å². The quantitative estimate of drug-likeness (QED) is 0.735. The van der Waals surface area contributed by atoms with Crippen LogP contribution < -0.4 is 4.74 Å². The number of carbonyl (C=O) groups excluding carboxylic acids is 1. The summed E-state index contributed by atoms with van der Waals surface area (Å²) < 4.78 is 5.59. The Morgan fingerprint density at radius 1 is 1.25 bits per heavy atom. The average molecular weight is 220 g/mol. The maximum Gasteiger partial charge on any atom is 0.134 e. The lowest BCUT2D eigenvalue weighted by molar-refractivity contribution is -0.116. The van der Waals surface area contributed by atoms with Gasteiger partial charge >= 0.3 is 0 Å². The monoisotopic (exact) mass is 220 g/mol. The minimum atomic E-state index is 0.188. The summed E-state index contributed by atoms with van der Waals surface area (Å²) in [5, 5.41) is 0. The van der Waals surface area contributed by atoms with E-state index in [9.17, 15) is 4.79 Å². The van der Waals surface area contributed by atoms with Gasteiger partial charge in [-0.05, 0) is 37.0 Å². The van der Waals surface area contributed by atoms with Crippen LogP contribution in [0, 0.1) is 5.92 Å². The fourth-order valence-corrected chi connectivity index (χ4v) is 1.40. The summed E-state index contributed by atoms with van der Waals surface area (Å²) in [4.78, 5) is 10.9. The minimum absolute atomic E-state index is 0.188. The van der Waals surface area contributed by atoms with Crippen LogP contribution in [0.3, 0.4) is 0 Å². The van der Waals surface area contributed by atoms with E-state index in [4.69, 9.17) is 4.74 Å². The summed E-state index contributed by atoms with van der Waals surface area (Å²) >= 11 is 0. The predicted octanol–water partition coefficient (Wildman–Crippen LogP) is 3.24. The number of ketones is 1. The highest BCUT2D eigenvalue weighted by Gasteiger charge is 1.99. The molecule has 0 saturated carbocycles. The van der Waals surface area contributed by atoms with E-state index in [1.807, 2.05) is 24.3 Å². The standard InChI is InChI=1S/C14H20O2/c1-11(2)8-9-16-14-6-4-13(5-7-14)10-12(3)15/h4-7,11H,8-10H2,1-3H3. The fourth-order valence-electron chi connectivity index (χ4n) is 1.40. The molecule has 2 heteroatoms. The number of hydrogen-bond donors (Lipinski definition) is 0. The maximum atomic E-state index is 10.9. The molecule has 2 nitrogen and oxygen atoms in total. The first-order chi connectivity index (χ1) is 7.58. The van der Waals surface area contributed by atoms with Crippen molar-refractivity contribution in [3.63, 3.8) is 0 Å². The average Bonchev–Trinajstić information content (AvgIpc) is 2.19. The van der Waals surface area contributed by atoms with Crippen molar-refractivity contribution in [2.24, 2.45) is 5.92 Å². The largest absolute Gasteiger partial charge is 0.494 e. The second kappa shape index (κ2) is 6.31. The second-order valence-corrected chi connectivity index (χ2v) is 4.55. The number of hydrogen-bond acceptors (Lipinski definition) is 2. The van der Waals surface area contributed by atoms with E-state index in [0.29, 0.717) is 12.3 Å². The molecule has 16 heavy (non-hydrogen) atoms. The Labute approximate surface area is 97.6 Å². The molecule has 0 spiro atoms. The van der Waals surface area contributed by atoms with Crippen LogP contribution in [-0.2, 0) is 11.2 Å². The van der Waals surface area contributed by atoms with Crippen LogP contribution in [0.2, 0.25) is 0 Å². The zero-order valence-corrected chi connectivity index (χ0v) is 10.3. The summed E-state index contributed by atoms with van der Waals surface area (Å²) in [5.41, 5.74) is 1.05. The molecule has 0 aliphatic rings. The van der Waals surface area contributed by atoms with Crippen molar-refractivity contribution in [3.05, 3.63) is 29.8 Å². The first-order valence-electron chi connectivity index (χ1n) is 5.79. The summed E-state index contributed by atoms with van der Waals surface area (Å²) in [5.74, 6) is 1.73. The lowest BCUT2D eigenvalue weighted by atomic mass is 10.1. The lowest BCUT2D eigenvalue weighted by Gasteiger charge is -2.08. The van der Waals surface area contributed by atoms with Crippen molar-refractivity contribution >= 4 is 5.78 Å². The molecule has 0 N–H and O–H groups in total. The highest BCUT2D eigenvalue weighted by atomic mass is 16.5. The van der Waals surface area contributed by atoms with Gasteiger partial charge in [0.1, 0.15) is 11.5 Å². The van der Waals surface area contributed by atoms with Crippen molar-refractivity contribution in [3.8, 4) is 5.75 Å². The van der Waals surface area contributed by atoms with Crippen LogP contribution in [0.15, 0.2) is 24.3 Å². The Morgan fingerprint density at radius 2 is 1.88 bits per heavy atom. The third-order valence-corrected chi connectivity index (χ3v) is 2.34. The molecule has 0 fully saturated rings.